The Labute approximate surface area is 308 Å². The number of nitrogens with zero attached hydrogens (tertiary/aromatic N) is 2. The van der Waals surface area contributed by atoms with Crippen LogP contribution in [0.5, 0.6) is 0 Å². The van der Waals surface area contributed by atoms with Crippen molar-refractivity contribution in [2.75, 3.05) is 0 Å². The SMILES string of the molecule is CC.CC.CC.CCCCCCC.CCn1c2cccc(C)c2c2c(C(N)=O)cccc21.CCn1c2cccc(C)c2c2c(C(N)=O)cccc21. The number of aromatic nitrogens is 2. The zero-order valence-corrected chi connectivity index (χ0v) is 33.7. The van der Waals surface area contributed by atoms with Crippen LogP contribution in [0.2, 0.25) is 0 Å². The van der Waals surface area contributed by atoms with Crippen molar-refractivity contribution in [3.63, 3.8) is 0 Å². The molecule has 0 fully saturated rings. The number of unbranched alkanes of at least 4 members (excludes halogenated alkanes) is 4. The summed E-state index contributed by atoms with van der Waals surface area (Å²) in [5, 5.41) is 4.22. The van der Waals surface area contributed by atoms with Gasteiger partial charge in [-0.05, 0) is 75.2 Å². The summed E-state index contributed by atoms with van der Waals surface area (Å²) in [7, 11) is 0. The average Bonchev–Trinajstić information content (AvgIpc) is 3.68. The van der Waals surface area contributed by atoms with Gasteiger partial charge in [0.05, 0.1) is 0 Å². The first-order valence-corrected chi connectivity index (χ1v) is 19.3. The van der Waals surface area contributed by atoms with Crippen molar-refractivity contribution in [3.8, 4) is 0 Å². The molecule has 6 nitrogen and oxygen atoms in total. The predicted octanol–water partition coefficient (Wildman–Crippen LogP) is 12.5. The van der Waals surface area contributed by atoms with Crippen molar-refractivity contribution in [1.82, 2.24) is 9.13 Å². The lowest BCUT2D eigenvalue weighted by atomic mass is 10.0. The monoisotopic (exact) mass is 695 g/mol. The minimum absolute atomic E-state index is 0.371. The number of benzene rings is 4. The third kappa shape index (κ3) is 10.2. The quantitative estimate of drug-likeness (QED) is 0.155. The molecule has 6 rings (SSSR count). The lowest BCUT2D eigenvalue weighted by Gasteiger charge is -2.03. The minimum atomic E-state index is -0.371. The van der Waals surface area contributed by atoms with Gasteiger partial charge in [-0.2, -0.15) is 0 Å². The van der Waals surface area contributed by atoms with Gasteiger partial charge in [0.15, 0.2) is 0 Å². The summed E-state index contributed by atoms with van der Waals surface area (Å²) in [4.78, 5) is 23.4. The molecule has 278 valence electrons. The third-order valence-corrected chi connectivity index (χ3v) is 8.62. The van der Waals surface area contributed by atoms with E-state index in [0.29, 0.717) is 11.1 Å². The van der Waals surface area contributed by atoms with Gasteiger partial charge < -0.3 is 20.6 Å². The predicted molar refractivity (Wildman–Crippen MR) is 225 cm³/mol. The molecule has 0 saturated carbocycles. The lowest BCUT2D eigenvalue weighted by Crippen LogP contribution is -2.11. The van der Waals surface area contributed by atoms with Gasteiger partial charge in [0.2, 0.25) is 11.8 Å². The molecule has 51 heavy (non-hydrogen) atoms. The van der Waals surface area contributed by atoms with Crippen LogP contribution in [0.1, 0.15) is 133 Å². The van der Waals surface area contributed by atoms with E-state index in [0.717, 1.165) is 56.7 Å². The largest absolute Gasteiger partial charge is 0.366 e. The summed E-state index contributed by atoms with van der Waals surface area (Å²) < 4.78 is 4.45. The van der Waals surface area contributed by atoms with Crippen molar-refractivity contribution in [2.24, 2.45) is 11.5 Å². The Kier molecular flexibility index (Phi) is 20.0. The normalized spacial score (nSPS) is 10.0. The fourth-order valence-electron chi connectivity index (χ4n) is 6.49. The van der Waals surface area contributed by atoms with E-state index >= 15 is 0 Å². The van der Waals surface area contributed by atoms with Gasteiger partial charge in [-0.25, -0.2) is 0 Å². The molecule has 2 amide bonds. The first kappa shape index (κ1) is 44.4. The van der Waals surface area contributed by atoms with E-state index in [1.54, 1.807) is 12.1 Å². The molecular weight excluding hydrogens is 629 g/mol. The van der Waals surface area contributed by atoms with Gasteiger partial charge in [-0.1, -0.05) is 124 Å². The standard InChI is InChI=1S/2C16H16N2O.C7H16.3C2H6/c2*1-3-18-12-8-4-6-10(2)14(12)15-11(16(17)19)7-5-9-13(15)18;1-3-5-7-6-4-2;3*1-2/h2*4-9H,3H2,1-2H3,(H2,17,19);3-7H2,1-2H3;3*1-2H3. The molecule has 0 aliphatic carbocycles. The van der Waals surface area contributed by atoms with Crippen molar-refractivity contribution < 1.29 is 9.59 Å². The summed E-state index contributed by atoms with van der Waals surface area (Å²) in [6, 6.07) is 23.9. The maximum absolute atomic E-state index is 11.7. The van der Waals surface area contributed by atoms with E-state index in [1.165, 1.54) is 43.2 Å². The van der Waals surface area contributed by atoms with E-state index in [1.807, 2.05) is 77.9 Å². The Morgan fingerprint density at radius 1 is 0.471 bits per heavy atom. The van der Waals surface area contributed by atoms with E-state index in [4.69, 9.17) is 11.5 Å². The summed E-state index contributed by atoms with van der Waals surface area (Å²) in [5.74, 6) is -0.743. The highest BCUT2D eigenvalue weighted by molar-refractivity contribution is 6.19. The van der Waals surface area contributed by atoms with Crippen LogP contribution < -0.4 is 11.5 Å². The zero-order valence-electron chi connectivity index (χ0n) is 33.7. The maximum Gasteiger partial charge on any atom is 0.249 e. The van der Waals surface area contributed by atoms with E-state index in [2.05, 4.69) is 74.9 Å². The first-order chi connectivity index (χ1) is 24.7. The average molecular weight is 695 g/mol. The molecule has 2 heterocycles. The maximum atomic E-state index is 11.7. The Hall–Kier alpha value is -4.58. The van der Waals surface area contributed by atoms with Crippen LogP contribution >= 0.6 is 0 Å². The van der Waals surface area contributed by atoms with Gasteiger partial charge in [-0.15, -0.1) is 0 Å². The van der Waals surface area contributed by atoms with Crippen molar-refractivity contribution in [2.45, 2.75) is 128 Å². The molecule has 0 aliphatic heterocycles. The number of fused-ring (bicyclic) bond motifs is 6. The number of hydrogen-bond donors (Lipinski definition) is 2. The lowest BCUT2D eigenvalue weighted by molar-refractivity contribution is 0.0993. The Bertz CT molecular complexity index is 1820. The highest BCUT2D eigenvalue weighted by Crippen LogP contribution is 2.35. The van der Waals surface area contributed by atoms with Crippen molar-refractivity contribution >= 4 is 55.4 Å². The van der Waals surface area contributed by atoms with Gasteiger partial charge in [0.25, 0.3) is 0 Å². The van der Waals surface area contributed by atoms with Crippen LogP contribution in [-0.2, 0) is 13.1 Å². The first-order valence-electron chi connectivity index (χ1n) is 19.3. The number of carbonyl (C=O) groups is 2. The van der Waals surface area contributed by atoms with Crippen molar-refractivity contribution in [3.05, 3.63) is 95.1 Å². The summed E-state index contributed by atoms with van der Waals surface area (Å²) in [6.07, 6.45) is 7.01. The highest BCUT2D eigenvalue weighted by atomic mass is 16.1. The second-order valence-electron chi connectivity index (χ2n) is 11.6. The second-order valence-corrected chi connectivity index (χ2v) is 11.6. The number of rotatable bonds is 8. The Morgan fingerprint density at radius 3 is 1.04 bits per heavy atom. The molecule has 0 unspecified atom stereocenters. The number of aryl methyl sites for hydroxylation is 4. The van der Waals surface area contributed by atoms with Crippen LogP contribution in [0.4, 0.5) is 0 Å². The molecule has 6 aromatic rings. The zero-order chi connectivity index (χ0) is 38.7. The van der Waals surface area contributed by atoms with Gasteiger partial charge in [0, 0.05) is 67.8 Å². The summed E-state index contributed by atoms with van der Waals surface area (Å²) in [5.41, 5.74) is 19.1. The molecular formula is C45H66N4O2. The number of nitrogens with two attached hydrogens (primary N) is 2. The molecule has 0 atom stereocenters. The van der Waals surface area contributed by atoms with Gasteiger partial charge >= 0.3 is 0 Å². The molecule has 2 aromatic heterocycles. The number of primary amides is 2. The molecule has 0 saturated heterocycles. The Morgan fingerprint density at radius 2 is 0.765 bits per heavy atom. The fraction of sp³-hybridized carbons (Fsp3) is 0.422. The molecule has 0 radical (unpaired) electrons. The summed E-state index contributed by atoms with van der Waals surface area (Å²) >= 11 is 0. The Balaban J connectivity index is 0.000000385. The van der Waals surface area contributed by atoms with Crippen molar-refractivity contribution in [1.29, 1.82) is 0 Å². The van der Waals surface area contributed by atoms with Crippen LogP contribution in [-0.4, -0.2) is 20.9 Å². The minimum Gasteiger partial charge on any atom is -0.366 e. The van der Waals surface area contributed by atoms with E-state index in [-0.39, 0.29) is 11.8 Å². The van der Waals surface area contributed by atoms with E-state index in [9.17, 15) is 9.59 Å². The number of amides is 2. The fourth-order valence-corrected chi connectivity index (χ4v) is 6.49. The van der Waals surface area contributed by atoms with Crippen LogP contribution in [0, 0.1) is 13.8 Å². The molecule has 0 spiro atoms. The molecule has 0 aliphatic rings. The third-order valence-electron chi connectivity index (χ3n) is 8.62. The van der Waals surface area contributed by atoms with Crippen LogP contribution in [0.3, 0.4) is 0 Å². The molecule has 6 heteroatoms. The molecule has 0 bridgehead atoms. The highest BCUT2D eigenvalue weighted by Gasteiger charge is 2.17. The van der Waals surface area contributed by atoms with Gasteiger partial charge in [0.1, 0.15) is 0 Å². The summed E-state index contributed by atoms with van der Waals surface area (Å²) in [6.45, 7) is 26.6. The second kappa shape index (κ2) is 23.0. The number of carbonyl (C=O) groups excluding carboxylic acids is 2. The van der Waals surface area contributed by atoms with Crippen LogP contribution in [0.15, 0.2) is 72.8 Å². The molecule has 4 N–H and O–H groups in total. The molecule has 4 aromatic carbocycles. The van der Waals surface area contributed by atoms with Gasteiger partial charge in [-0.3, -0.25) is 9.59 Å². The smallest absolute Gasteiger partial charge is 0.249 e. The van der Waals surface area contributed by atoms with Crippen LogP contribution in [0.25, 0.3) is 43.6 Å². The van der Waals surface area contributed by atoms with E-state index < -0.39 is 0 Å². The number of hydrogen-bond acceptors (Lipinski definition) is 2. The topological polar surface area (TPSA) is 96.0 Å².